The quantitative estimate of drug-likeness (QED) is 0.866. The van der Waals surface area contributed by atoms with Crippen molar-refractivity contribution < 1.29 is 13.2 Å². The SMILES string of the molecule is CNCC1CCCN(S(=O)(=O)c2ccc(OC)c(Cl)c2)C1.Cl. The number of halogens is 2. The molecule has 2 rings (SSSR count). The normalized spacial score (nSPS) is 19.5. The fourth-order valence-electron chi connectivity index (χ4n) is 2.66. The van der Waals surface area contributed by atoms with Crippen LogP contribution in [0, 0.1) is 5.92 Å². The van der Waals surface area contributed by atoms with Crippen molar-refractivity contribution in [3.05, 3.63) is 23.2 Å². The van der Waals surface area contributed by atoms with Crippen LogP contribution < -0.4 is 10.1 Å². The molecule has 1 aromatic carbocycles. The molecule has 5 nitrogen and oxygen atoms in total. The number of ether oxygens (including phenoxy) is 1. The van der Waals surface area contributed by atoms with E-state index in [1.807, 2.05) is 7.05 Å². The van der Waals surface area contributed by atoms with Crippen LogP contribution in [0.15, 0.2) is 23.1 Å². The second-order valence-electron chi connectivity index (χ2n) is 5.23. The number of piperidine rings is 1. The maximum atomic E-state index is 12.7. The van der Waals surface area contributed by atoms with E-state index in [2.05, 4.69) is 5.32 Å². The summed E-state index contributed by atoms with van der Waals surface area (Å²) >= 11 is 6.03. The van der Waals surface area contributed by atoms with Crippen molar-refractivity contribution in [3.8, 4) is 5.75 Å². The molecule has 1 saturated heterocycles. The lowest BCUT2D eigenvalue weighted by Gasteiger charge is -2.31. The monoisotopic (exact) mass is 368 g/mol. The summed E-state index contributed by atoms with van der Waals surface area (Å²) in [6.07, 6.45) is 1.94. The predicted octanol–water partition coefficient (Wildman–Crippen LogP) is 2.39. The highest BCUT2D eigenvalue weighted by molar-refractivity contribution is 7.89. The molecule has 0 radical (unpaired) electrons. The van der Waals surface area contributed by atoms with Crippen LogP contribution in [0.25, 0.3) is 0 Å². The average molecular weight is 369 g/mol. The van der Waals surface area contributed by atoms with Crippen LogP contribution >= 0.6 is 24.0 Å². The Kier molecular flexibility index (Phi) is 7.41. The lowest BCUT2D eigenvalue weighted by atomic mass is 10.00. The molecule has 0 bridgehead atoms. The van der Waals surface area contributed by atoms with E-state index in [1.54, 1.807) is 16.4 Å². The maximum absolute atomic E-state index is 12.7. The van der Waals surface area contributed by atoms with Gasteiger partial charge < -0.3 is 10.1 Å². The second-order valence-corrected chi connectivity index (χ2v) is 7.57. The number of sulfonamides is 1. The Labute approximate surface area is 143 Å². The molecule has 1 heterocycles. The first-order valence-corrected chi connectivity index (χ1v) is 8.79. The van der Waals surface area contributed by atoms with Gasteiger partial charge in [0.2, 0.25) is 10.0 Å². The Morgan fingerprint density at radius 2 is 2.18 bits per heavy atom. The van der Waals surface area contributed by atoms with Crippen molar-refractivity contribution in [2.75, 3.05) is 33.8 Å². The van der Waals surface area contributed by atoms with Crippen molar-refractivity contribution in [1.29, 1.82) is 0 Å². The topological polar surface area (TPSA) is 58.6 Å². The van der Waals surface area contributed by atoms with E-state index >= 15 is 0 Å². The van der Waals surface area contributed by atoms with E-state index in [0.29, 0.717) is 29.8 Å². The smallest absolute Gasteiger partial charge is 0.243 e. The van der Waals surface area contributed by atoms with Crippen LogP contribution in [0.3, 0.4) is 0 Å². The predicted molar refractivity (Wildman–Crippen MR) is 90.7 cm³/mol. The Morgan fingerprint density at radius 1 is 1.45 bits per heavy atom. The van der Waals surface area contributed by atoms with Crippen molar-refractivity contribution in [2.24, 2.45) is 5.92 Å². The van der Waals surface area contributed by atoms with Crippen LogP contribution in [0.2, 0.25) is 5.02 Å². The van der Waals surface area contributed by atoms with Gasteiger partial charge in [-0.1, -0.05) is 11.6 Å². The lowest BCUT2D eigenvalue weighted by molar-refractivity contribution is 0.263. The molecule has 1 atom stereocenters. The Hall–Kier alpha value is -0.530. The summed E-state index contributed by atoms with van der Waals surface area (Å²) < 4.78 is 32.0. The molecule has 1 N–H and O–H groups in total. The van der Waals surface area contributed by atoms with Gasteiger partial charge in [0.05, 0.1) is 17.0 Å². The second kappa shape index (κ2) is 8.36. The minimum absolute atomic E-state index is 0. The number of methoxy groups -OCH3 is 1. The van der Waals surface area contributed by atoms with Gasteiger partial charge in [0, 0.05) is 13.1 Å². The summed E-state index contributed by atoms with van der Waals surface area (Å²) in [6, 6.07) is 4.59. The van der Waals surface area contributed by atoms with Crippen molar-refractivity contribution in [1.82, 2.24) is 9.62 Å². The van der Waals surface area contributed by atoms with E-state index < -0.39 is 10.0 Å². The molecular formula is C14H22Cl2N2O3S. The average Bonchev–Trinajstić information content (AvgIpc) is 2.48. The Bertz CT molecular complexity index is 594. The highest BCUT2D eigenvalue weighted by Gasteiger charge is 2.30. The molecule has 1 unspecified atom stereocenters. The number of nitrogens with one attached hydrogen (secondary N) is 1. The summed E-state index contributed by atoms with van der Waals surface area (Å²) in [5, 5.41) is 3.42. The van der Waals surface area contributed by atoms with Gasteiger partial charge >= 0.3 is 0 Å². The van der Waals surface area contributed by atoms with Crippen molar-refractivity contribution in [2.45, 2.75) is 17.7 Å². The van der Waals surface area contributed by atoms with E-state index in [4.69, 9.17) is 16.3 Å². The molecule has 1 aliphatic heterocycles. The zero-order valence-corrected chi connectivity index (χ0v) is 15.1. The number of hydrogen-bond donors (Lipinski definition) is 1. The molecule has 0 aliphatic carbocycles. The first kappa shape index (κ1) is 19.5. The molecule has 0 aromatic heterocycles. The molecule has 126 valence electrons. The number of benzene rings is 1. The molecular weight excluding hydrogens is 347 g/mol. The summed E-state index contributed by atoms with van der Waals surface area (Å²) in [4.78, 5) is 0.221. The molecule has 1 aliphatic rings. The molecule has 1 fully saturated rings. The minimum Gasteiger partial charge on any atom is -0.495 e. The summed E-state index contributed by atoms with van der Waals surface area (Å²) in [6.45, 7) is 1.94. The van der Waals surface area contributed by atoms with E-state index in [9.17, 15) is 8.42 Å². The van der Waals surface area contributed by atoms with Crippen LogP contribution in [0.4, 0.5) is 0 Å². The van der Waals surface area contributed by atoms with Crippen molar-refractivity contribution in [3.63, 3.8) is 0 Å². The molecule has 1 aromatic rings. The van der Waals surface area contributed by atoms with Gasteiger partial charge in [0.1, 0.15) is 5.75 Å². The zero-order valence-electron chi connectivity index (χ0n) is 12.7. The maximum Gasteiger partial charge on any atom is 0.243 e. The van der Waals surface area contributed by atoms with Gasteiger partial charge in [0.15, 0.2) is 0 Å². The van der Waals surface area contributed by atoms with Crippen LogP contribution in [-0.4, -0.2) is 46.5 Å². The fourth-order valence-corrected chi connectivity index (χ4v) is 4.56. The van der Waals surface area contributed by atoms with E-state index in [1.165, 1.54) is 13.2 Å². The number of nitrogens with zero attached hydrogens (tertiary/aromatic N) is 1. The lowest BCUT2D eigenvalue weighted by Crippen LogP contribution is -2.42. The largest absolute Gasteiger partial charge is 0.495 e. The fraction of sp³-hybridized carbons (Fsp3) is 0.571. The van der Waals surface area contributed by atoms with Gasteiger partial charge in [0.25, 0.3) is 0 Å². The molecule has 0 spiro atoms. The highest BCUT2D eigenvalue weighted by Crippen LogP contribution is 2.30. The third kappa shape index (κ3) is 4.26. The number of rotatable bonds is 5. The summed E-state index contributed by atoms with van der Waals surface area (Å²) in [5.74, 6) is 0.828. The first-order chi connectivity index (χ1) is 9.98. The number of hydrogen-bond acceptors (Lipinski definition) is 4. The van der Waals surface area contributed by atoms with E-state index in [0.717, 1.165) is 19.4 Å². The highest BCUT2D eigenvalue weighted by atomic mass is 35.5. The molecule has 0 amide bonds. The first-order valence-electron chi connectivity index (χ1n) is 6.97. The van der Waals surface area contributed by atoms with Gasteiger partial charge in [-0.25, -0.2) is 8.42 Å². The molecule has 22 heavy (non-hydrogen) atoms. The van der Waals surface area contributed by atoms with Gasteiger partial charge in [-0.15, -0.1) is 12.4 Å². The Morgan fingerprint density at radius 3 is 2.77 bits per heavy atom. The van der Waals surface area contributed by atoms with Crippen LogP contribution in [0.5, 0.6) is 5.75 Å². The molecule has 0 saturated carbocycles. The van der Waals surface area contributed by atoms with E-state index in [-0.39, 0.29) is 17.3 Å². The summed E-state index contributed by atoms with van der Waals surface area (Å²) in [7, 11) is -0.107. The van der Waals surface area contributed by atoms with Crippen LogP contribution in [0.1, 0.15) is 12.8 Å². The Balaban J connectivity index is 0.00000242. The third-order valence-electron chi connectivity index (χ3n) is 3.74. The van der Waals surface area contributed by atoms with Crippen LogP contribution in [-0.2, 0) is 10.0 Å². The summed E-state index contributed by atoms with van der Waals surface area (Å²) in [5.41, 5.74) is 0. The molecule has 8 heteroatoms. The minimum atomic E-state index is -3.50. The van der Waals surface area contributed by atoms with Crippen molar-refractivity contribution >= 4 is 34.0 Å². The standard InChI is InChI=1S/C14H21ClN2O3S.ClH/c1-16-9-11-4-3-7-17(10-11)21(18,19)12-5-6-14(20-2)13(15)8-12;/h5-6,8,11,16H,3-4,7,9-10H2,1-2H3;1H. The van der Waals surface area contributed by atoms with Gasteiger partial charge in [-0.2, -0.15) is 4.31 Å². The van der Waals surface area contributed by atoms with Gasteiger partial charge in [-0.3, -0.25) is 0 Å². The zero-order chi connectivity index (χ0) is 15.5. The third-order valence-corrected chi connectivity index (χ3v) is 5.89. The van der Waals surface area contributed by atoms with Gasteiger partial charge in [-0.05, 0) is 50.6 Å².